The highest BCUT2D eigenvalue weighted by Gasteiger charge is 1.86. The Kier molecular flexibility index (Phi) is 8.40. The van der Waals surface area contributed by atoms with Crippen molar-refractivity contribution in [1.82, 2.24) is 0 Å². The standard InChI is InChI=1S/C10H13N3S.HI/c1-14-10(11)13-12-8-7-9-5-3-2-4-6-9;/h2-6,8H,7H2,1H3,(H2,11,13);1H. The van der Waals surface area contributed by atoms with E-state index >= 15 is 0 Å². The number of rotatable bonds is 3. The third-order valence-corrected chi connectivity index (χ3v) is 2.12. The minimum atomic E-state index is 0. The van der Waals surface area contributed by atoms with Crippen LogP contribution in [0.15, 0.2) is 40.5 Å². The molecule has 5 heteroatoms. The molecule has 15 heavy (non-hydrogen) atoms. The Bertz CT molecular complexity index is 325. The molecule has 0 fully saturated rings. The Balaban J connectivity index is 0.00000196. The van der Waals surface area contributed by atoms with Crippen LogP contribution in [0.4, 0.5) is 0 Å². The number of nitrogens with two attached hydrogens (primary N) is 1. The van der Waals surface area contributed by atoms with Crippen LogP contribution < -0.4 is 5.73 Å². The molecule has 0 bridgehead atoms. The molecule has 1 aromatic rings. The number of halogens is 1. The fourth-order valence-corrected chi connectivity index (χ4v) is 1.03. The van der Waals surface area contributed by atoms with Gasteiger partial charge in [-0.15, -0.1) is 29.1 Å². The van der Waals surface area contributed by atoms with Gasteiger partial charge in [0.05, 0.1) is 0 Å². The molecule has 0 aliphatic carbocycles. The quantitative estimate of drug-likeness (QED) is 0.399. The van der Waals surface area contributed by atoms with Gasteiger partial charge in [-0.3, -0.25) is 0 Å². The van der Waals surface area contributed by atoms with E-state index in [1.54, 1.807) is 6.21 Å². The summed E-state index contributed by atoms with van der Waals surface area (Å²) < 4.78 is 0. The highest BCUT2D eigenvalue weighted by atomic mass is 127. The summed E-state index contributed by atoms with van der Waals surface area (Å²) in [7, 11) is 0. The summed E-state index contributed by atoms with van der Waals surface area (Å²) >= 11 is 1.39. The van der Waals surface area contributed by atoms with Crippen molar-refractivity contribution in [2.45, 2.75) is 6.42 Å². The summed E-state index contributed by atoms with van der Waals surface area (Å²) in [5.74, 6) is 0. The Morgan fingerprint density at radius 3 is 2.67 bits per heavy atom. The van der Waals surface area contributed by atoms with Crippen molar-refractivity contribution in [3.8, 4) is 0 Å². The van der Waals surface area contributed by atoms with Gasteiger partial charge in [-0.25, -0.2) is 0 Å². The van der Waals surface area contributed by atoms with Crippen molar-refractivity contribution in [3.05, 3.63) is 35.9 Å². The lowest BCUT2D eigenvalue weighted by Crippen LogP contribution is -2.03. The van der Waals surface area contributed by atoms with Gasteiger partial charge in [-0.05, 0) is 11.8 Å². The summed E-state index contributed by atoms with van der Waals surface area (Å²) in [5, 5.41) is 8.12. The molecule has 0 spiro atoms. The molecular formula is C10H14IN3S. The molecule has 0 aromatic heterocycles. The predicted molar refractivity (Wildman–Crippen MR) is 79.2 cm³/mol. The smallest absolute Gasteiger partial charge is 0.180 e. The lowest BCUT2D eigenvalue weighted by Gasteiger charge is -1.92. The van der Waals surface area contributed by atoms with Crippen LogP contribution in [-0.4, -0.2) is 17.6 Å². The van der Waals surface area contributed by atoms with Gasteiger partial charge in [-0.2, -0.15) is 5.10 Å². The Labute approximate surface area is 111 Å². The van der Waals surface area contributed by atoms with E-state index in [4.69, 9.17) is 5.73 Å². The molecule has 0 aliphatic heterocycles. The molecule has 0 saturated carbocycles. The van der Waals surface area contributed by atoms with E-state index in [0.717, 1.165) is 6.42 Å². The molecule has 0 amide bonds. The molecule has 1 aromatic carbocycles. The number of thioether (sulfide) groups is 1. The summed E-state index contributed by atoms with van der Waals surface area (Å²) in [5.41, 5.74) is 6.67. The van der Waals surface area contributed by atoms with Crippen LogP contribution in [0.25, 0.3) is 0 Å². The van der Waals surface area contributed by atoms with Crippen molar-refractivity contribution in [2.24, 2.45) is 15.9 Å². The summed E-state index contributed by atoms with van der Waals surface area (Å²) in [6, 6.07) is 10.1. The zero-order valence-electron chi connectivity index (χ0n) is 8.46. The molecule has 2 N–H and O–H groups in total. The lowest BCUT2D eigenvalue weighted by atomic mass is 10.2. The highest BCUT2D eigenvalue weighted by molar-refractivity contribution is 14.0. The Hall–Kier alpha value is -0.560. The Morgan fingerprint density at radius 1 is 1.40 bits per heavy atom. The topological polar surface area (TPSA) is 50.7 Å². The SMILES string of the molecule is CSC(N)=NN=CCc1ccccc1.I. The normalized spacial score (nSPS) is 11.4. The van der Waals surface area contributed by atoms with Crippen LogP contribution in [0.3, 0.4) is 0 Å². The van der Waals surface area contributed by atoms with E-state index in [0.29, 0.717) is 5.17 Å². The van der Waals surface area contributed by atoms with Gasteiger partial charge in [0.15, 0.2) is 5.17 Å². The fourth-order valence-electron chi connectivity index (χ4n) is 0.899. The van der Waals surface area contributed by atoms with Crippen LogP contribution >= 0.6 is 35.7 Å². The zero-order chi connectivity index (χ0) is 10.2. The van der Waals surface area contributed by atoms with Crippen LogP contribution in [0.1, 0.15) is 5.56 Å². The second kappa shape index (κ2) is 8.72. The first kappa shape index (κ1) is 14.4. The summed E-state index contributed by atoms with van der Waals surface area (Å²) in [6.45, 7) is 0. The second-order valence-corrected chi connectivity index (χ2v) is 3.46. The fraction of sp³-hybridized carbons (Fsp3) is 0.200. The van der Waals surface area contributed by atoms with Crippen molar-refractivity contribution >= 4 is 47.1 Å². The molecule has 0 saturated heterocycles. The largest absolute Gasteiger partial charge is 0.377 e. The van der Waals surface area contributed by atoms with Crippen molar-refractivity contribution in [2.75, 3.05) is 6.26 Å². The highest BCUT2D eigenvalue weighted by Crippen LogP contribution is 1.97. The van der Waals surface area contributed by atoms with Crippen molar-refractivity contribution in [3.63, 3.8) is 0 Å². The molecule has 0 atom stereocenters. The first-order chi connectivity index (χ1) is 6.83. The first-order valence-electron chi connectivity index (χ1n) is 4.26. The van der Waals surface area contributed by atoms with E-state index in [9.17, 15) is 0 Å². The maximum atomic E-state index is 5.45. The number of hydrogen-bond donors (Lipinski definition) is 1. The lowest BCUT2D eigenvalue weighted by molar-refractivity contribution is 1.22. The molecule has 0 aliphatic rings. The minimum Gasteiger partial charge on any atom is -0.377 e. The van der Waals surface area contributed by atoms with E-state index in [1.807, 2.05) is 36.6 Å². The van der Waals surface area contributed by atoms with E-state index in [1.165, 1.54) is 17.3 Å². The maximum absolute atomic E-state index is 5.45. The monoisotopic (exact) mass is 335 g/mol. The molecule has 82 valence electrons. The van der Waals surface area contributed by atoms with Crippen LogP contribution in [0, 0.1) is 0 Å². The minimum absolute atomic E-state index is 0. The summed E-state index contributed by atoms with van der Waals surface area (Å²) in [4.78, 5) is 0. The second-order valence-electron chi connectivity index (χ2n) is 2.63. The van der Waals surface area contributed by atoms with Gasteiger partial charge in [0, 0.05) is 12.6 Å². The molecular weight excluding hydrogens is 321 g/mol. The number of hydrogen-bond acceptors (Lipinski definition) is 3. The van der Waals surface area contributed by atoms with Crippen molar-refractivity contribution in [1.29, 1.82) is 0 Å². The molecule has 0 unspecified atom stereocenters. The van der Waals surface area contributed by atoms with Gasteiger partial charge in [-0.1, -0.05) is 42.1 Å². The van der Waals surface area contributed by atoms with Gasteiger partial charge < -0.3 is 5.73 Å². The maximum Gasteiger partial charge on any atom is 0.180 e. The van der Waals surface area contributed by atoms with Gasteiger partial charge in [0.1, 0.15) is 0 Å². The number of benzene rings is 1. The van der Waals surface area contributed by atoms with Crippen LogP contribution in [0.5, 0.6) is 0 Å². The number of nitrogens with zero attached hydrogens (tertiary/aromatic N) is 2. The van der Waals surface area contributed by atoms with E-state index in [2.05, 4.69) is 10.2 Å². The third kappa shape index (κ3) is 6.51. The van der Waals surface area contributed by atoms with E-state index in [-0.39, 0.29) is 24.0 Å². The van der Waals surface area contributed by atoms with Gasteiger partial charge in [0.2, 0.25) is 0 Å². The van der Waals surface area contributed by atoms with E-state index < -0.39 is 0 Å². The molecule has 0 heterocycles. The van der Waals surface area contributed by atoms with Gasteiger partial charge >= 0.3 is 0 Å². The van der Waals surface area contributed by atoms with Gasteiger partial charge in [0.25, 0.3) is 0 Å². The molecule has 3 nitrogen and oxygen atoms in total. The third-order valence-electron chi connectivity index (χ3n) is 1.62. The Morgan fingerprint density at radius 2 is 2.07 bits per heavy atom. The first-order valence-corrected chi connectivity index (χ1v) is 5.48. The molecule has 0 radical (unpaired) electrons. The van der Waals surface area contributed by atoms with Crippen molar-refractivity contribution < 1.29 is 0 Å². The predicted octanol–water partition coefficient (Wildman–Crippen LogP) is 2.51. The average molecular weight is 335 g/mol. The van der Waals surface area contributed by atoms with Crippen LogP contribution in [0.2, 0.25) is 0 Å². The zero-order valence-corrected chi connectivity index (χ0v) is 11.6. The average Bonchev–Trinajstić information content (AvgIpc) is 2.25. The van der Waals surface area contributed by atoms with Crippen LogP contribution in [-0.2, 0) is 6.42 Å². The summed E-state index contributed by atoms with van der Waals surface area (Å²) in [6.07, 6.45) is 4.40. The number of amidine groups is 1. The molecule has 1 rings (SSSR count).